The minimum absolute atomic E-state index is 0.0719. The lowest BCUT2D eigenvalue weighted by Crippen LogP contribution is -2.48. The van der Waals surface area contributed by atoms with E-state index in [1.54, 1.807) is 0 Å². The molecule has 2 amide bonds. The molecule has 1 atom stereocenters. The van der Waals surface area contributed by atoms with Gasteiger partial charge in [0.15, 0.2) is 0 Å². The van der Waals surface area contributed by atoms with E-state index in [4.69, 9.17) is 9.47 Å². The molecular weight excluding hydrogens is 378 g/mol. The zero-order valence-electron chi connectivity index (χ0n) is 18.8. The van der Waals surface area contributed by atoms with Crippen LogP contribution in [0.4, 0.5) is 4.79 Å². The van der Waals surface area contributed by atoms with E-state index in [1.807, 2.05) is 19.1 Å². The molecule has 1 aromatic rings. The monoisotopic (exact) mass is 417 g/mol. The van der Waals surface area contributed by atoms with Crippen LogP contribution in [-0.4, -0.2) is 63.5 Å². The van der Waals surface area contributed by atoms with E-state index in [1.165, 1.54) is 37.9 Å². The van der Waals surface area contributed by atoms with Crippen molar-refractivity contribution >= 4 is 6.03 Å². The van der Waals surface area contributed by atoms with Gasteiger partial charge < -0.3 is 25.0 Å². The minimum atomic E-state index is -0.0836. The molecule has 0 unspecified atom stereocenters. The van der Waals surface area contributed by atoms with Gasteiger partial charge in [0, 0.05) is 38.3 Å². The molecule has 2 heterocycles. The second kappa shape index (κ2) is 11.6. The molecule has 2 N–H and O–H groups in total. The van der Waals surface area contributed by atoms with E-state index < -0.39 is 0 Å². The van der Waals surface area contributed by atoms with Gasteiger partial charge in [0.1, 0.15) is 5.75 Å². The van der Waals surface area contributed by atoms with E-state index in [0.29, 0.717) is 25.6 Å². The molecule has 2 saturated heterocycles. The van der Waals surface area contributed by atoms with E-state index in [2.05, 4.69) is 34.6 Å². The third-order valence-corrected chi connectivity index (χ3v) is 6.44. The first-order valence-corrected chi connectivity index (χ1v) is 11.7. The van der Waals surface area contributed by atoms with Crippen LogP contribution in [0.3, 0.4) is 0 Å². The molecule has 3 rings (SSSR count). The summed E-state index contributed by atoms with van der Waals surface area (Å²) in [4.78, 5) is 15.0. The van der Waals surface area contributed by atoms with Crippen molar-refractivity contribution < 1.29 is 14.3 Å². The number of nitrogens with zero attached hydrogens (tertiary/aromatic N) is 1. The Balaban J connectivity index is 1.49. The van der Waals surface area contributed by atoms with E-state index in [-0.39, 0.29) is 11.4 Å². The van der Waals surface area contributed by atoms with Crippen molar-refractivity contribution in [2.75, 3.05) is 52.5 Å². The summed E-state index contributed by atoms with van der Waals surface area (Å²) in [5, 5.41) is 6.22. The van der Waals surface area contributed by atoms with Crippen LogP contribution in [0.15, 0.2) is 24.3 Å². The van der Waals surface area contributed by atoms with Crippen LogP contribution in [0.1, 0.15) is 51.5 Å². The van der Waals surface area contributed by atoms with E-state index in [9.17, 15) is 4.79 Å². The van der Waals surface area contributed by atoms with Crippen molar-refractivity contribution in [2.24, 2.45) is 5.92 Å². The van der Waals surface area contributed by atoms with Crippen LogP contribution in [0.2, 0.25) is 0 Å². The molecule has 0 aromatic heterocycles. The molecule has 0 spiro atoms. The predicted octanol–water partition coefficient (Wildman–Crippen LogP) is 3.55. The van der Waals surface area contributed by atoms with Crippen LogP contribution < -0.4 is 15.4 Å². The van der Waals surface area contributed by atoms with Gasteiger partial charge in [-0.15, -0.1) is 0 Å². The molecule has 0 aliphatic carbocycles. The van der Waals surface area contributed by atoms with Crippen molar-refractivity contribution in [1.82, 2.24) is 15.5 Å². The molecule has 0 saturated carbocycles. The van der Waals surface area contributed by atoms with Crippen molar-refractivity contribution in [2.45, 2.75) is 51.4 Å². The Labute approximate surface area is 181 Å². The Morgan fingerprint density at radius 1 is 1.13 bits per heavy atom. The number of urea groups is 1. The van der Waals surface area contributed by atoms with Gasteiger partial charge in [0.2, 0.25) is 0 Å². The first-order valence-electron chi connectivity index (χ1n) is 11.7. The van der Waals surface area contributed by atoms with Gasteiger partial charge in [-0.2, -0.15) is 0 Å². The smallest absolute Gasteiger partial charge is 0.314 e. The summed E-state index contributed by atoms with van der Waals surface area (Å²) in [6.07, 6.45) is 5.78. The Kier molecular flexibility index (Phi) is 8.82. The first kappa shape index (κ1) is 22.9. The van der Waals surface area contributed by atoms with Crippen LogP contribution in [0, 0.1) is 5.92 Å². The van der Waals surface area contributed by atoms with Gasteiger partial charge in [-0.05, 0) is 69.3 Å². The maximum atomic E-state index is 12.5. The van der Waals surface area contributed by atoms with Gasteiger partial charge in [-0.25, -0.2) is 4.79 Å². The van der Waals surface area contributed by atoms with Gasteiger partial charge in [0.25, 0.3) is 0 Å². The number of rotatable bonds is 9. The first-order chi connectivity index (χ1) is 14.6. The average molecular weight is 418 g/mol. The molecular formula is C24H39N3O3. The van der Waals surface area contributed by atoms with Crippen LogP contribution in [0.5, 0.6) is 5.75 Å². The highest BCUT2D eigenvalue weighted by molar-refractivity contribution is 5.74. The van der Waals surface area contributed by atoms with Crippen LogP contribution >= 0.6 is 0 Å². The standard InChI is InChI=1S/C24H39N3O3/c1-3-30-22-9-7-21(8-10-22)24(11-15-29-16-12-24)19-26-23(28)25-17-20(2)18-27-13-5-4-6-14-27/h7-10,20H,3-6,11-19H2,1-2H3,(H2,25,26,28)/t20-/m1/s1. The number of nitrogens with one attached hydrogen (secondary N) is 2. The fourth-order valence-electron chi connectivity index (χ4n) is 4.63. The molecule has 2 aliphatic heterocycles. The number of hydrogen-bond donors (Lipinski definition) is 2. The second-order valence-electron chi connectivity index (χ2n) is 8.88. The number of piperidine rings is 1. The molecule has 6 heteroatoms. The minimum Gasteiger partial charge on any atom is -0.494 e. The Bertz CT molecular complexity index is 638. The van der Waals surface area contributed by atoms with Crippen LogP contribution in [0.25, 0.3) is 0 Å². The summed E-state index contributed by atoms with van der Waals surface area (Å²) in [5.41, 5.74) is 1.16. The molecule has 2 aliphatic rings. The third kappa shape index (κ3) is 6.61. The summed E-state index contributed by atoms with van der Waals surface area (Å²) in [6.45, 7) is 11.1. The molecule has 0 radical (unpaired) electrons. The van der Waals surface area contributed by atoms with Crippen LogP contribution in [-0.2, 0) is 10.2 Å². The lowest BCUT2D eigenvalue weighted by atomic mass is 9.74. The fraction of sp³-hybridized carbons (Fsp3) is 0.708. The highest BCUT2D eigenvalue weighted by atomic mass is 16.5. The van der Waals surface area contributed by atoms with E-state index >= 15 is 0 Å². The summed E-state index contributed by atoms with van der Waals surface area (Å²) in [6, 6.07) is 8.25. The van der Waals surface area contributed by atoms with Gasteiger partial charge >= 0.3 is 6.03 Å². The second-order valence-corrected chi connectivity index (χ2v) is 8.88. The number of carbonyl (C=O) groups excluding carboxylic acids is 1. The number of ether oxygens (including phenoxy) is 2. The summed E-state index contributed by atoms with van der Waals surface area (Å²) < 4.78 is 11.2. The lowest BCUT2D eigenvalue weighted by Gasteiger charge is -2.38. The number of amides is 2. The summed E-state index contributed by atoms with van der Waals surface area (Å²) >= 11 is 0. The molecule has 30 heavy (non-hydrogen) atoms. The fourth-order valence-corrected chi connectivity index (χ4v) is 4.63. The highest BCUT2D eigenvalue weighted by Crippen LogP contribution is 2.35. The molecule has 6 nitrogen and oxygen atoms in total. The number of carbonyl (C=O) groups is 1. The third-order valence-electron chi connectivity index (χ3n) is 6.44. The number of hydrogen-bond acceptors (Lipinski definition) is 4. The van der Waals surface area contributed by atoms with Crippen molar-refractivity contribution in [3.8, 4) is 5.75 Å². The highest BCUT2D eigenvalue weighted by Gasteiger charge is 2.35. The SMILES string of the molecule is CCOc1ccc(C2(CNC(=O)NC[C@@H](C)CN3CCCCC3)CCOCC2)cc1. The summed E-state index contributed by atoms with van der Waals surface area (Å²) in [7, 11) is 0. The van der Waals surface area contributed by atoms with Crippen molar-refractivity contribution in [3.63, 3.8) is 0 Å². The molecule has 2 fully saturated rings. The molecule has 0 bridgehead atoms. The van der Waals surface area contributed by atoms with Gasteiger partial charge in [0.05, 0.1) is 6.61 Å². The Hall–Kier alpha value is -1.79. The maximum Gasteiger partial charge on any atom is 0.314 e. The summed E-state index contributed by atoms with van der Waals surface area (Å²) in [5.74, 6) is 1.34. The largest absolute Gasteiger partial charge is 0.494 e. The van der Waals surface area contributed by atoms with Gasteiger partial charge in [-0.1, -0.05) is 25.5 Å². The zero-order valence-corrected chi connectivity index (χ0v) is 18.8. The predicted molar refractivity (Wildman–Crippen MR) is 120 cm³/mol. The van der Waals surface area contributed by atoms with Gasteiger partial charge in [-0.3, -0.25) is 0 Å². The Morgan fingerprint density at radius 2 is 1.83 bits per heavy atom. The zero-order chi connectivity index (χ0) is 21.2. The number of benzene rings is 1. The number of likely N-dealkylation sites (tertiary alicyclic amines) is 1. The lowest BCUT2D eigenvalue weighted by molar-refractivity contribution is 0.0506. The van der Waals surface area contributed by atoms with E-state index in [0.717, 1.165) is 38.3 Å². The topological polar surface area (TPSA) is 62.8 Å². The quantitative estimate of drug-likeness (QED) is 0.645. The maximum absolute atomic E-state index is 12.5. The molecule has 168 valence electrons. The normalized spacial score (nSPS) is 20.3. The molecule has 1 aromatic carbocycles. The van der Waals surface area contributed by atoms with Crippen molar-refractivity contribution in [1.29, 1.82) is 0 Å². The average Bonchev–Trinajstić information content (AvgIpc) is 2.78. The van der Waals surface area contributed by atoms with Crippen molar-refractivity contribution in [3.05, 3.63) is 29.8 Å². The Morgan fingerprint density at radius 3 is 2.50 bits per heavy atom.